The second kappa shape index (κ2) is 12.7. The van der Waals surface area contributed by atoms with Crippen LogP contribution in [0.2, 0.25) is 15.1 Å². The molecule has 0 unspecified atom stereocenters. The molecule has 4 aromatic carbocycles. The van der Waals surface area contributed by atoms with Crippen molar-refractivity contribution in [3.8, 4) is 11.5 Å². The molecule has 4 amide bonds. The molecule has 212 valence electrons. The minimum absolute atomic E-state index is 0.0918. The van der Waals surface area contributed by atoms with Crippen LogP contribution < -0.4 is 19.7 Å². The van der Waals surface area contributed by atoms with Crippen LogP contribution in [0.15, 0.2) is 90.5 Å². The minimum Gasteiger partial charge on any atom is -0.489 e. The van der Waals surface area contributed by atoms with Crippen molar-refractivity contribution in [3.05, 3.63) is 128 Å². The van der Waals surface area contributed by atoms with Crippen molar-refractivity contribution in [2.45, 2.75) is 13.2 Å². The molecule has 1 fully saturated rings. The number of carbonyl (C=O) groups excluding carboxylic acids is 3. The maximum atomic E-state index is 13.4. The first kappa shape index (κ1) is 29.1. The summed E-state index contributed by atoms with van der Waals surface area (Å²) in [6.07, 6.45) is 1.33. The van der Waals surface area contributed by atoms with Crippen LogP contribution in [0, 0.1) is 5.82 Å². The van der Waals surface area contributed by atoms with E-state index in [1.807, 2.05) is 0 Å². The van der Waals surface area contributed by atoms with E-state index in [0.29, 0.717) is 32.7 Å². The summed E-state index contributed by atoms with van der Waals surface area (Å²) in [6, 6.07) is 21.0. The Bertz CT molecular complexity index is 1730. The van der Waals surface area contributed by atoms with Crippen LogP contribution in [0.1, 0.15) is 16.7 Å². The number of ether oxygens (including phenoxy) is 2. The maximum Gasteiger partial charge on any atom is 0.335 e. The molecule has 1 N–H and O–H groups in total. The Morgan fingerprint density at radius 2 is 1.60 bits per heavy atom. The highest BCUT2D eigenvalue weighted by molar-refractivity contribution is 6.39. The molecule has 0 atom stereocenters. The number of imide groups is 2. The summed E-state index contributed by atoms with van der Waals surface area (Å²) in [7, 11) is 0. The fourth-order valence-electron chi connectivity index (χ4n) is 4.06. The average Bonchev–Trinajstić information content (AvgIpc) is 2.95. The summed E-state index contributed by atoms with van der Waals surface area (Å²) in [5.74, 6) is -1.23. The van der Waals surface area contributed by atoms with E-state index in [1.54, 1.807) is 54.6 Å². The van der Waals surface area contributed by atoms with Crippen LogP contribution in [-0.2, 0) is 22.8 Å². The molecule has 0 bridgehead atoms. The van der Waals surface area contributed by atoms with Crippen molar-refractivity contribution in [2.24, 2.45) is 0 Å². The Morgan fingerprint density at radius 1 is 0.810 bits per heavy atom. The van der Waals surface area contributed by atoms with Gasteiger partial charge >= 0.3 is 6.03 Å². The molecule has 0 radical (unpaired) electrons. The SMILES string of the molecule is O=C1NC(=O)N(c2ccc(OCc3ccc(Cl)cc3Cl)cc2)C(=O)/C1=C/c1ccc(OCc2cccc(F)c2)c(Cl)c1. The van der Waals surface area contributed by atoms with E-state index in [9.17, 15) is 18.8 Å². The van der Waals surface area contributed by atoms with Gasteiger partial charge in [0.25, 0.3) is 11.8 Å². The van der Waals surface area contributed by atoms with Gasteiger partial charge < -0.3 is 9.47 Å². The van der Waals surface area contributed by atoms with Crippen molar-refractivity contribution in [3.63, 3.8) is 0 Å². The summed E-state index contributed by atoms with van der Waals surface area (Å²) in [4.78, 5) is 39.3. The zero-order valence-electron chi connectivity index (χ0n) is 21.6. The van der Waals surface area contributed by atoms with Gasteiger partial charge in [-0.05, 0) is 77.9 Å². The van der Waals surface area contributed by atoms with Crippen LogP contribution in [0.3, 0.4) is 0 Å². The normalized spacial score (nSPS) is 14.2. The van der Waals surface area contributed by atoms with E-state index in [1.165, 1.54) is 36.4 Å². The molecule has 0 saturated carbocycles. The third kappa shape index (κ3) is 6.74. The maximum absolute atomic E-state index is 13.4. The largest absolute Gasteiger partial charge is 0.489 e. The Labute approximate surface area is 255 Å². The number of barbiturate groups is 1. The Hall–Kier alpha value is -4.37. The summed E-state index contributed by atoms with van der Waals surface area (Å²) in [5, 5.41) is 3.37. The molecule has 1 aliphatic heterocycles. The second-order valence-electron chi connectivity index (χ2n) is 9.08. The average molecular weight is 626 g/mol. The third-order valence-electron chi connectivity index (χ3n) is 6.16. The minimum atomic E-state index is -0.886. The van der Waals surface area contributed by atoms with Gasteiger partial charge in [0, 0.05) is 15.6 Å². The van der Waals surface area contributed by atoms with E-state index in [2.05, 4.69) is 5.32 Å². The highest BCUT2D eigenvalue weighted by Gasteiger charge is 2.36. The van der Waals surface area contributed by atoms with E-state index in [4.69, 9.17) is 44.3 Å². The van der Waals surface area contributed by atoms with Gasteiger partial charge in [-0.2, -0.15) is 0 Å². The lowest BCUT2D eigenvalue weighted by Gasteiger charge is -2.26. The van der Waals surface area contributed by atoms with Crippen molar-refractivity contribution in [1.82, 2.24) is 5.32 Å². The quantitative estimate of drug-likeness (QED) is 0.161. The topological polar surface area (TPSA) is 84.9 Å². The number of hydrogen-bond donors (Lipinski definition) is 1. The van der Waals surface area contributed by atoms with Crippen LogP contribution in [0.5, 0.6) is 11.5 Å². The molecule has 0 aliphatic carbocycles. The fraction of sp³-hybridized carbons (Fsp3) is 0.0645. The van der Waals surface area contributed by atoms with Crippen LogP contribution >= 0.6 is 34.8 Å². The molecule has 1 saturated heterocycles. The lowest BCUT2D eigenvalue weighted by atomic mass is 10.1. The van der Waals surface area contributed by atoms with Gasteiger partial charge in [-0.25, -0.2) is 14.1 Å². The number of nitrogens with one attached hydrogen (secondary N) is 1. The lowest BCUT2D eigenvalue weighted by Crippen LogP contribution is -2.54. The van der Waals surface area contributed by atoms with Gasteiger partial charge in [-0.15, -0.1) is 0 Å². The lowest BCUT2D eigenvalue weighted by molar-refractivity contribution is -0.122. The van der Waals surface area contributed by atoms with Crippen molar-refractivity contribution < 1.29 is 28.2 Å². The van der Waals surface area contributed by atoms with Gasteiger partial charge in [0.05, 0.1) is 10.7 Å². The highest BCUT2D eigenvalue weighted by Crippen LogP contribution is 2.29. The Balaban J connectivity index is 1.29. The van der Waals surface area contributed by atoms with Crippen molar-refractivity contribution in [1.29, 1.82) is 0 Å². The van der Waals surface area contributed by atoms with E-state index in [0.717, 1.165) is 10.5 Å². The predicted molar refractivity (Wildman–Crippen MR) is 158 cm³/mol. The third-order valence-corrected chi connectivity index (χ3v) is 7.04. The zero-order chi connectivity index (χ0) is 29.8. The molecule has 7 nitrogen and oxygen atoms in total. The number of carbonyl (C=O) groups is 3. The number of halogens is 4. The summed E-state index contributed by atoms with van der Waals surface area (Å²) in [5.41, 5.74) is 1.74. The first-order chi connectivity index (χ1) is 20.2. The van der Waals surface area contributed by atoms with Gasteiger partial charge in [0.15, 0.2) is 0 Å². The molecule has 5 rings (SSSR count). The van der Waals surface area contributed by atoms with Crippen LogP contribution in [0.25, 0.3) is 6.08 Å². The first-order valence-electron chi connectivity index (χ1n) is 12.4. The van der Waals surface area contributed by atoms with Crippen LogP contribution in [-0.4, -0.2) is 17.8 Å². The molecule has 11 heteroatoms. The van der Waals surface area contributed by atoms with Gasteiger partial charge in [0.1, 0.15) is 36.1 Å². The molecular formula is C31H20Cl3FN2O5. The Morgan fingerprint density at radius 3 is 2.31 bits per heavy atom. The molecule has 1 aliphatic rings. The van der Waals surface area contributed by atoms with E-state index < -0.39 is 17.8 Å². The Kier molecular flexibility index (Phi) is 8.77. The predicted octanol–water partition coefficient (Wildman–Crippen LogP) is 7.61. The summed E-state index contributed by atoms with van der Waals surface area (Å²) < 4.78 is 24.8. The fourth-order valence-corrected chi connectivity index (χ4v) is 4.77. The van der Waals surface area contributed by atoms with E-state index in [-0.39, 0.29) is 35.3 Å². The zero-order valence-corrected chi connectivity index (χ0v) is 23.8. The molecule has 4 aromatic rings. The van der Waals surface area contributed by atoms with Crippen LogP contribution in [0.4, 0.5) is 14.9 Å². The number of nitrogens with zero attached hydrogens (tertiary/aromatic N) is 1. The number of rotatable bonds is 8. The number of urea groups is 1. The van der Waals surface area contributed by atoms with Crippen molar-refractivity contribution in [2.75, 3.05) is 4.90 Å². The highest BCUT2D eigenvalue weighted by atomic mass is 35.5. The van der Waals surface area contributed by atoms with Gasteiger partial charge in [-0.3, -0.25) is 14.9 Å². The number of hydrogen-bond acceptors (Lipinski definition) is 5. The number of anilines is 1. The van der Waals surface area contributed by atoms with Gasteiger partial charge in [0.2, 0.25) is 0 Å². The number of amides is 4. The summed E-state index contributed by atoms with van der Waals surface area (Å²) >= 11 is 18.5. The standard InChI is InChI=1S/C31H20Cl3FN2O5/c32-21-6-5-20(26(33)15-21)17-41-24-9-7-23(8-10-24)37-30(39)25(29(38)36-31(37)40)13-18-4-11-28(27(34)14-18)42-16-19-2-1-3-22(35)12-19/h1-15H,16-17H2,(H,36,38,40)/b25-13+. The first-order valence-corrected chi connectivity index (χ1v) is 13.6. The number of benzene rings is 4. The molecule has 42 heavy (non-hydrogen) atoms. The summed E-state index contributed by atoms with van der Waals surface area (Å²) in [6.45, 7) is 0.269. The molecule has 0 spiro atoms. The monoisotopic (exact) mass is 624 g/mol. The molecule has 0 aromatic heterocycles. The second-order valence-corrected chi connectivity index (χ2v) is 10.3. The smallest absolute Gasteiger partial charge is 0.335 e. The van der Waals surface area contributed by atoms with E-state index >= 15 is 0 Å². The van der Waals surface area contributed by atoms with Crippen molar-refractivity contribution >= 4 is 64.4 Å². The molecular weight excluding hydrogens is 606 g/mol. The van der Waals surface area contributed by atoms with Gasteiger partial charge in [-0.1, -0.05) is 59.1 Å². The molecule has 1 heterocycles.